The van der Waals surface area contributed by atoms with Crippen LogP contribution in [-0.2, 0) is 0 Å². The van der Waals surface area contributed by atoms with Gasteiger partial charge < -0.3 is 9.97 Å². The molecule has 0 bridgehead atoms. The van der Waals surface area contributed by atoms with Gasteiger partial charge in [-0.05, 0) is 29.8 Å². The number of hydrogen-bond acceptors (Lipinski definition) is 5. The summed E-state index contributed by atoms with van der Waals surface area (Å²) >= 11 is 1.40. The van der Waals surface area contributed by atoms with E-state index in [9.17, 15) is 9.59 Å². The zero-order valence-corrected chi connectivity index (χ0v) is 21.4. The number of nitrogens with zero attached hydrogens (tertiary/aromatic N) is 3. The van der Waals surface area contributed by atoms with Gasteiger partial charge >= 0.3 is 0 Å². The minimum atomic E-state index is -0.480. The standard InChI is InChI=1S/C31H21N5O2S/c37-29-26(32-21-15-7-8-16-22(21)33-29)28(20-13-5-2-6-14-20)39-31-35-25(19-11-3-1-4-12-19)27-30(38)34-23-17-9-10-18-24(23)36(27)31/h1-18,28H,(H,33,37)(H,34,38)/t28-/m0/s1. The van der Waals surface area contributed by atoms with Gasteiger partial charge in [-0.3, -0.25) is 14.0 Å². The molecule has 188 valence electrons. The Bertz CT molecular complexity index is 2100. The summed E-state index contributed by atoms with van der Waals surface area (Å²) in [7, 11) is 0. The number of aromatic nitrogens is 5. The highest BCUT2D eigenvalue weighted by Crippen LogP contribution is 2.40. The van der Waals surface area contributed by atoms with Gasteiger partial charge in [0.05, 0.1) is 27.3 Å². The van der Waals surface area contributed by atoms with Crippen molar-refractivity contribution in [1.82, 2.24) is 24.3 Å². The van der Waals surface area contributed by atoms with Gasteiger partial charge in [-0.25, -0.2) is 9.97 Å². The van der Waals surface area contributed by atoms with Crippen LogP contribution in [0, 0.1) is 0 Å². The van der Waals surface area contributed by atoms with Crippen molar-refractivity contribution in [3.63, 3.8) is 0 Å². The Hall–Kier alpha value is -4.95. The van der Waals surface area contributed by atoms with E-state index in [0.29, 0.717) is 38.6 Å². The van der Waals surface area contributed by atoms with Crippen molar-refractivity contribution in [3.8, 4) is 11.3 Å². The molecule has 39 heavy (non-hydrogen) atoms. The fraction of sp³-hybridized carbons (Fsp3) is 0.0323. The Morgan fingerprint density at radius 3 is 2.10 bits per heavy atom. The number of rotatable bonds is 5. The van der Waals surface area contributed by atoms with Gasteiger partial charge in [-0.1, -0.05) is 96.7 Å². The average Bonchev–Trinajstić information content (AvgIpc) is 3.37. The maximum Gasteiger partial charge on any atom is 0.275 e. The molecule has 0 unspecified atom stereocenters. The zero-order valence-electron chi connectivity index (χ0n) is 20.5. The van der Waals surface area contributed by atoms with E-state index in [1.165, 1.54) is 11.8 Å². The van der Waals surface area contributed by atoms with E-state index >= 15 is 0 Å². The zero-order chi connectivity index (χ0) is 26.3. The number of thioether (sulfide) groups is 1. The molecule has 8 heteroatoms. The van der Waals surface area contributed by atoms with Crippen LogP contribution in [0.4, 0.5) is 0 Å². The van der Waals surface area contributed by atoms with Crippen molar-refractivity contribution >= 4 is 39.3 Å². The first-order valence-electron chi connectivity index (χ1n) is 12.5. The van der Waals surface area contributed by atoms with E-state index < -0.39 is 5.25 Å². The van der Waals surface area contributed by atoms with Crippen LogP contribution in [0.2, 0.25) is 0 Å². The van der Waals surface area contributed by atoms with Crippen molar-refractivity contribution in [1.29, 1.82) is 0 Å². The first-order valence-corrected chi connectivity index (χ1v) is 13.3. The van der Waals surface area contributed by atoms with Gasteiger partial charge in [0.25, 0.3) is 11.1 Å². The summed E-state index contributed by atoms with van der Waals surface area (Å²) in [6, 6.07) is 34.6. The highest BCUT2D eigenvalue weighted by molar-refractivity contribution is 7.99. The second-order valence-corrected chi connectivity index (χ2v) is 10.2. The minimum Gasteiger partial charge on any atom is -0.319 e. The molecule has 0 saturated heterocycles. The molecule has 0 aliphatic rings. The molecule has 0 aliphatic heterocycles. The van der Waals surface area contributed by atoms with Crippen molar-refractivity contribution in [2.24, 2.45) is 0 Å². The predicted molar refractivity (Wildman–Crippen MR) is 155 cm³/mol. The maximum atomic E-state index is 13.4. The van der Waals surface area contributed by atoms with Gasteiger partial charge in [0.15, 0.2) is 5.16 Å². The smallest absolute Gasteiger partial charge is 0.275 e. The number of fused-ring (bicyclic) bond motifs is 4. The summed E-state index contributed by atoms with van der Waals surface area (Å²) in [5.74, 6) is 0. The Morgan fingerprint density at radius 1 is 0.667 bits per heavy atom. The van der Waals surface area contributed by atoms with E-state index in [2.05, 4.69) is 9.97 Å². The van der Waals surface area contributed by atoms with Crippen LogP contribution in [0.1, 0.15) is 16.5 Å². The summed E-state index contributed by atoms with van der Waals surface area (Å²) in [5.41, 5.74) is 5.55. The normalized spacial score (nSPS) is 12.3. The number of H-pyrrole nitrogens is 2. The van der Waals surface area contributed by atoms with E-state index in [-0.39, 0.29) is 11.1 Å². The third kappa shape index (κ3) is 4.02. The highest BCUT2D eigenvalue weighted by atomic mass is 32.2. The molecule has 0 spiro atoms. The van der Waals surface area contributed by atoms with Crippen molar-refractivity contribution in [2.45, 2.75) is 10.4 Å². The lowest BCUT2D eigenvalue weighted by Crippen LogP contribution is -2.18. The summed E-state index contributed by atoms with van der Waals surface area (Å²) in [5, 5.41) is 0.112. The van der Waals surface area contributed by atoms with Crippen LogP contribution in [0.3, 0.4) is 0 Å². The molecule has 0 saturated carbocycles. The SMILES string of the molecule is O=c1[nH]c2ccccc2nc1[C@@H](Sc1nc(-c2ccccc2)c2c(=O)[nH]c3ccccc3n12)c1ccccc1. The molecule has 3 heterocycles. The second kappa shape index (κ2) is 9.41. The van der Waals surface area contributed by atoms with E-state index in [1.807, 2.05) is 114 Å². The molecule has 3 aromatic heterocycles. The lowest BCUT2D eigenvalue weighted by molar-refractivity contribution is 0.954. The van der Waals surface area contributed by atoms with E-state index in [4.69, 9.17) is 9.97 Å². The van der Waals surface area contributed by atoms with Crippen LogP contribution < -0.4 is 11.1 Å². The van der Waals surface area contributed by atoms with Crippen molar-refractivity contribution in [2.75, 3.05) is 0 Å². The number of benzene rings is 4. The summed E-state index contributed by atoms with van der Waals surface area (Å²) in [6.45, 7) is 0. The van der Waals surface area contributed by atoms with Gasteiger partial charge in [0.1, 0.15) is 16.9 Å². The maximum absolute atomic E-state index is 13.4. The first-order chi connectivity index (χ1) is 19.2. The number of aromatic amines is 2. The summed E-state index contributed by atoms with van der Waals surface area (Å²) in [6.07, 6.45) is 0. The van der Waals surface area contributed by atoms with Crippen LogP contribution in [0.5, 0.6) is 0 Å². The number of para-hydroxylation sites is 4. The average molecular weight is 528 g/mol. The number of imidazole rings is 1. The molecule has 1 atom stereocenters. The molecule has 2 N–H and O–H groups in total. The van der Waals surface area contributed by atoms with Crippen LogP contribution in [0.15, 0.2) is 124 Å². The third-order valence-electron chi connectivity index (χ3n) is 6.70. The molecule has 0 aliphatic carbocycles. The molecule has 7 aromatic rings. The molecule has 0 radical (unpaired) electrons. The molecule has 0 amide bonds. The first kappa shape index (κ1) is 23.2. The fourth-order valence-corrected chi connectivity index (χ4v) is 6.12. The van der Waals surface area contributed by atoms with Crippen LogP contribution in [0.25, 0.3) is 38.8 Å². The topological polar surface area (TPSA) is 95.9 Å². The number of nitrogens with one attached hydrogen (secondary N) is 2. The highest BCUT2D eigenvalue weighted by Gasteiger charge is 2.26. The fourth-order valence-electron chi connectivity index (χ4n) is 4.90. The monoisotopic (exact) mass is 527 g/mol. The molecule has 7 rings (SSSR count). The minimum absolute atomic E-state index is 0.232. The molecular formula is C31H21N5O2S. The van der Waals surface area contributed by atoms with Crippen LogP contribution >= 0.6 is 11.8 Å². The lowest BCUT2D eigenvalue weighted by Gasteiger charge is -2.16. The Labute approximate surface area is 226 Å². The summed E-state index contributed by atoms with van der Waals surface area (Å²) in [4.78, 5) is 42.6. The molecule has 4 aromatic carbocycles. The second-order valence-electron chi connectivity index (χ2n) is 9.14. The van der Waals surface area contributed by atoms with E-state index in [1.54, 1.807) is 0 Å². The van der Waals surface area contributed by atoms with Crippen molar-refractivity contribution in [3.05, 3.63) is 141 Å². The number of hydrogen-bond donors (Lipinski definition) is 2. The third-order valence-corrected chi connectivity index (χ3v) is 7.92. The van der Waals surface area contributed by atoms with Crippen molar-refractivity contribution < 1.29 is 0 Å². The predicted octanol–water partition coefficient (Wildman–Crippen LogP) is 5.96. The molecule has 7 nitrogen and oxygen atoms in total. The van der Waals surface area contributed by atoms with Gasteiger partial charge in [0.2, 0.25) is 0 Å². The summed E-state index contributed by atoms with van der Waals surface area (Å²) < 4.78 is 1.90. The largest absolute Gasteiger partial charge is 0.319 e. The Kier molecular flexibility index (Phi) is 5.60. The van der Waals surface area contributed by atoms with Gasteiger partial charge in [0, 0.05) is 5.56 Å². The molecule has 0 fully saturated rings. The van der Waals surface area contributed by atoms with Gasteiger partial charge in [-0.15, -0.1) is 0 Å². The van der Waals surface area contributed by atoms with Crippen LogP contribution in [-0.4, -0.2) is 24.3 Å². The van der Waals surface area contributed by atoms with E-state index in [0.717, 1.165) is 16.6 Å². The lowest BCUT2D eigenvalue weighted by atomic mass is 10.1. The quantitative estimate of drug-likeness (QED) is 0.269. The Balaban J connectivity index is 1.51. The Morgan fingerprint density at radius 2 is 1.31 bits per heavy atom. The molecular weight excluding hydrogens is 506 g/mol. The van der Waals surface area contributed by atoms with Gasteiger partial charge in [-0.2, -0.15) is 0 Å².